The van der Waals surface area contributed by atoms with Crippen molar-refractivity contribution in [2.24, 2.45) is 0 Å². The van der Waals surface area contributed by atoms with Gasteiger partial charge in [0.1, 0.15) is 45.7 Å². The fourth-order valence-electron chi connectivity index (χ4n) is 5.08. The van der Waals surface area contributed by atoms with Crippen molar-refractivity contribution < 1.29 is 29.7 Å². The average molecular weight is 620 g/mol. The molecule has 3 aromatic heterocycles. The maximum atomic E-state index is 12.6. The Bertz CT molecular complexity index is 1980. The van der Waals surface area contributed by atoms with Gasteiger partial charge in [-0.2, -0.15) is 0 Å². The van der Waals surface area contributed by atoms with Crippen LogP contribution in [0.3, 0.4) is 0 Å². The molecule has 1 saturated heterocycles. The zero-order valence-corrected chi connectivity index (χ0v) is 24.6. The van der Waals surface area contributed by atoms with Crippen molar-refractivity contribution in [3.05, 3.63) is 96.2 Å². The lowest BCUT2D eigenvalue weighted by Gasteiger charge is -2.21. The molecule has 2 amide bonds. The maximum Gasteiger partial charge on any atom is 0.339 e. The summed E-state index contributed by atoms with van der Waals surface area (Å²) in [4.78, 5) is 50.6. The van der Waals surface area contributed by atoms with Crippen LogP contribution in [0.1, 0.15) is 52.3 Å². The molecule has 232 valence electrons. The Morgan fingerprint density at radius 1 is 1.02 bits per heavy atom. The number of nitrogens with one attached hydrogen (secondary N) is 1. The second-order valence-electron chi connectivity index (χ2n) is 10.1. The number of carbonyl (C=O) groups excluding carboxylic acids is 2. The van der Waals surface area contributed by atoms with Crippen molar-refractivity contribution in [3.8, 4) is 34.6 Å². The number of aromatic carboxylic acids is 1. The summed E-state index contributed by atoms with van der Waals surface area (Å²) in [6.45, 7) is 2.28. The monoisotopic (exact) mass is 619 g/mol. The SMILES string of the molecule is CC#CC(=O)N1CCC[C@H]1c1nc(-c2ccc(C(=O)Nc3ccccn3)cc2)c2c(N)nccn12.O=C(O)c1cc(O)ccc1O. The molecule has 0 aliphatic carbocycles. The number of imidazole rings is 1. The summed E-state index contributed by atoms with van der Waals surface area (Å²) in [5.41, 5.74) is 8.54. The molecule has 1 atom stereocenters. The quantitative estimate of drug-likeness (QED) is 0.141. The van der Waals surface area contributed by atoms with Gasteiger partial charge >= 0.3 is 5.97 Å². The lowest BCUT2D eigenvalue weighted by molar-refractivity contribution is -0.126. The van der Waals surface area contributed by atoms with E-state index in [9.17, 15) is 14.4 Å². The molecule has 1 aliphatic rings. The average Bonchev–Trinajstić information content (AvgIpc) is 3.69. The number of carboxylic acids is 1. The molecular formula is C33H29N7O6. The highest BCUT2D eigenvalue weighted by Crippen LogP contribution is 2.36. The van der Waals surface area contributed by atoms with Crippen LogP contribution in [0.15, 0.2) is 79.3 Å². The van der Waals surface area contributed by atoms with E-state index < -0.39 is 5.97 Å². The highest BCUT2D eigenvalue weighted by molar-refractivity contribution is 6.04. The van der Waals surface area contributed by atoms with Gasteiger partial charge in [-0.3, -0.25) is 14.0 Å². The van der Waals surface area contributed by atoms with E-state index in [-0.39, 0.29) is 34.9 Å². The molecular weight excluding hydrogens is 590 g/mol. The number of carbonyl (C=O) groups is 3. The topological polar surface area (TPSA) is 196 Å². The summed E-state index contributed by atoms with van der Waals surface area (Å²) < 4.78 is 1.90. The van der Waals surface area contributed by atoms with Crippen LogP contribution in [0, 0.1) is 11.8 Å². The number of fused-ring (bicyclic) bond motifs is 1. The van der Waals surface area contributed by atoms with Crippen molar-refractivity contribution in [2.45, 2.75) is 25.8 Å². The standard InChI is InChI=1S/C26H23N7O2.C7H6O4/c1-2-6-21(34)32-15-5-7-19(32)25-31-22(23-24(27)29-14-16-33(23)25)17-9-11-18(12-10-17)26(35)30-20-8-3-4-13-28-20;8-4-1-2-6(9)5(3-4)7(10)11/h3-4,8-14,16,19H,5,7,15H2,1H3,(H2,27,29)(H,28,30,35);1-3,8-9H,(H,10,11)/t19-;/m0./s1. The Labute approximate surface area is 263 Å². The molecule has 0 unspecified atom stereocenters. The molecule has 1 aliphatic heterocycles. The number of likely N-dealkylation sites (tertiary alicyclic amines) is 1. The van der Waals surface area contributed by atoms with Crippen molar-refractivity contribution in [3.63, 3.8) is 0 Å². The first-order chi connectivity index (χ1) is 22.2. The number of amides is 2. The minimum atomic E-state index is -1.27. The van der Waals surface area contributed by atoms with Gasteiger partial charge in [-0.05, 0) is 68.2 Å². The number of nitrogens with zero attached hydrogens (tertiary/aromatic N) is 5. The number of rotatable bonds is 5. The molecule has 6 N–H and O–H groups in total. The van der Waals surface area contributed by atoms with Crippen molar-refractivity contribution >= 4 is 34.9 Å². The molecule has 0 spiro atoms. The van der Waals surface area contributed by atoms with E-state index in [1.165, 1.54) is 6.07 Å². The minimum absolute atomic E-state index is 0.180. The van der Waals surface area contributed by atoms with Gasteiger partial charge in [-0.15, -0.1) is 0 Å². The van der Waals surface area contributed by atoms with Gasteiger partial charge in [0.05, 0.1) is 6.04 Å². The van der Waals surface area contributed by atoms with Gasteiger partial charge in [-0.1, -0.05) is 24.1 Å². The predicted molar refractivity (Wildman–Crippen MR) is 169 cm³/mol. The van der Waals surface area contributed by atoms with Crippen LogP contribution in [-0.4, -0.2) is 63.9 Å². The van der Waals surface area contributed by atoms with Crippen LogP contribution in [0.5, 0.6) is 11.5 Å². The number of hydrogen-bond acceptors (Lipinski definition) is 9. The largest absolute Gasteiger partial charge is 0.508 e. The Kier molecular flexibility index (Phi) is 9.09. The van der Waals surface area contributed by atoms with E-state index in [0.717, 1.165) is 30.5 Å². The molecule has 0 bridgehead atoms. The Balaban J connectivity index is 0.000000322. The van der Waals surface area contributed by atoms with E-state index in [1.807, 2.05) is 16.5 Å². The summed E-state index contributed by atoms with van der Waals surface area (Å²) in [6, 6.07) is 15.5. The van der Waals surface area contributed by atoms with Crippen LogP contribution in [-0.2, 0) is 4.79 Å². The van der Waals surface area contributed by atoms with E-state index in [1.54, 1.807) is 60.7 Å². The lowest BCUT2D eigenvalue weighted by Crippen LogP contribution is -2.30. The fraction of sp³-hybridized carbons (Fsp3) is 0.152. The Hall–Kier alpha value is -6.42. The number of carboxylic acid groups (broad SMARTS) is 1. The minimum Gasteiger partial charge on any atom is -0.508 e. The maximum absolute atomic E-state index is 12.6. The van der Waals surface area contributed by atoms with Crippen molar-refractivity contribution in [1.82, 2.24) is 24.3 Å². The molecule has 6 rings (SSSR count). The highest BCUT2D eigenvalue weighted by atomic mass is 16.4. The molecule has 0 saturated carbocycles. The molecule has 46 heavy (non-hydrogen) atoms. The first-order valence-corrected chi connectivity index (χ1v) is 14.1. The molecule has 0 radical (unpaired) electrons. The third-order valence-electron chi connectivity index (χ3n) is 7.19. The van der Waals surface area contributed by atoms with Gasteiger partial charge in [-0.25, -0.2) is 19.7 Å². The van der Waals surface area contributed by atoms with Gasteiger partial charge in [0.15, 0.2) is 0 Å². The first kappa shape index (κ1) is 31.0. The Morgan fingerprint density at radius 3 is 2.48 bits per heavy atom. The van der Waals surface area contributed by atoms with Crippen molar-refractivity contribution in [2.75, 3.05) is 17.6 Å². The summed E-state index contributed by atoms with van der Waals surface area (Å²) in [7, 11) is 0. The van der Waals surface area contributed by atoms with Crippen LogP contribution in [0.25, 0.3) is 16.8 Å². The van der Waals surface area contributed by atoms with E-state index in [2.05, 4.69) is 27.1 Å². The van der Waals surface area contributed by atoms with Crippen LogP contribution in [0.2, 0.25) is 0 Å². The van der Waals surface area contributed by atoms with Crippen LogP contribution >= 0.6 is 0 Å². The molecule has 2 aromatic carbocycles. The number of nitrogens with two attached hydrogens (primary N) is 1. The molecule has 5 aromatic rings. The highest BCUT2D eigenvalue weighted by Gasteiger charge is 2.33. The predicted octanol–water partition coefficient (Wildman–Crippen LogP) is 4.11. The molecule has 13 nitrogen and oxygen atoms in total. The van der Waals surface area contributed by atoms with Gasteiger partial charge < -0.3 is 31.3 Å². The number of anilines is 2. The van der Waals surface area contributed by atoms with E-state index in [4.69, 9.17) is 26.0 Å². The normalized spacial score (nSPS) is 13.7. The Morgan fingerprint density at radius 2 is 1.80 bits per heavy atom. The van der Waals surface area contributed by atoms with Gasteiger partial charge in [0.2, 0.25) is 0 Å². The van der Waals surface area contributed by atoms with Gasteiger partial charge in [0.25, 0.3) is 11.8 Å². The molecule has 4 heterocycles. The second-order valence-corrected chi connectivity index (χ2v) is 10.1. The second kappa shape index (κ2) is 13.5. The first-order valence-electron chi connectivity index (χ1n) is 14.1. The van der Waals surface area contributed by atoms with E-state index >= 15 is 0 Å². The number of aromatic nitrogens is 4. The molecule has 13 heteroatoms. The number of benzene rings is 2. The van der Waals surface area contributed by atoms with E-state index in [0.29, 0.717) is 40.8 Å². The van der Waals surface area contributed by atoms with Gasteiger partial charge in [0, 0.05) is 36.3 Å². The zero-order chi connectivity index (χ0) is 32.8. The van der Waals surface area contributed by atoms with Crippen LogP contribution in [0.4, 0.5) is 11.6 Å². The molecule has 1 fully saturated rings. The number of pyridine rings is 1. The van der Waals surface area contributed by atoms with Crippen LogP contribution < -0.4 is 11.1 Å². The van der Waals surface area contributed by atoms with Crippen molar-refractivity contribution in [1.29, 1.82) is 0 Å². The number of aromatic hydroxyl groups is 2. The summed E-state index contributed by atoms with van der Waals surface area (Å²) in [6.07, 6.45) is 6.69. The number of hydrogen-bond donors (Lipinski definition) is 5. The smallest absolute Gasteiger partial charge is 0.339 e. The summed E-state index contributed by atoms with van der Waals surface area (Å²) in [5.74, 6) is 4.59. The third kappa shape index (κ3) is 6.56. The third-order valence-corrected chi connectivity index (χ3v) is 7.19. The summed E-state index contributed by atoms with van der Waals surface area (Å²) >= 11 is 0. The number of nitrogen functional groups attached to an aromatic ring is 1. The number of phenolic OH excluding ortho intramolecular Hbond substituents is 1. The lowest BCUT2D eigenvalue weighted by atomic mass is 10.1. The summed E-state index contributed by atoms with van der Waals surface area (Å²) in [5, 5.41) is 28.9. The number of phenols is 2. The fourth-order valence-corrected chi connectivity index (χ4v) is 5.08. The zero-order valence-electron chi connectivity index (χ0n) is 24.6.